The summed E-state index contributed by atoms with van der Waals surface area (Å²) in [5.74, 6) is 0. The van der Waals surface area contributed by atoms with Crippen LogP contribution in [0.4, 0.5) is 0 Å². The fraction of sp³-hybridized carbons (Fsp3) is 0.176. The molecule has 0 saturated carbocycles. The number of rotatable bonds is 2. The van der Waals surface area contributed by atoms with E-state index in [-0.39, 0.29) is 0 Å². The summed E-state index contributed by atoms with van der Waals surface area (Å²) in [6, 6.07) is 15.4. The number of hydrogen-bond donors (Lipinski definition) is 0. The Bertz CT molecular complexity index is 576. The van der Waals surface area contributed by atoms with Crippen molar-refractivity contribution in [3.05, 3.63) is 65.2 Å². The summed E-state index contributed by atoms with van der Waals surface area (Å²) in [5.41, 5.74) is 7.13. The Balaban J connectivity index is 2.19. The molecule has 1 aliphatic rings. The molecule has 0 atom stereocenters. The second-order valence-electron chi connectivity index (χ2n) is 4.53. The van der Waals surface area contributed by atoms with E-state index >= 15 is 0 Å². The molecule has 0 unspecified atom stereocenters. The van der Waals surface area contributed by atoms with Crippen molar-refractivity contribution in [3.8, 4) is 11.1 Å². The molecule has 0 fully saturated rings. The maximum Gasteiger partial charge on any atom is -0.00132 e. The van der Waals surface area contributed by atoms with Crippen molar-refractivity contribution in [2.75, 3.05) is 0 Å². The molecule has 84 valence electrons. The van der Waals surface area contributed by atoms with E-state index in [2.05, 4.69) is 61.5 Å². The fourth-order valence-corrected chi connectivity index (χ4v) is 2.60. The fourth-order valence-electron chi connectivity index (χ4n) is 2.60. The van der Waals surface area contributed by atoms with Crippen LogP contribution >= 0.6 is 0 Å². The third-order valence-electron chi connectivity index (χ3n) is 3.38. The molecule has 2 aromatic rings. The Morgan fingerprint density at radius 3 is 2.71 bits per heavy atom. The summed E-state index contributed by atoms with van der Waals surface area (Å²) in [6.45, 7) is 2.17. The normalized spacial score (nSPS) is 12.8. The molecule has 0 radical (unpaired) electrons. The summed E-state index contributed by atoms with van der Waals surface area (Å²) in [6.07, 6.45) is 6.65. The van der Waals surface area contributed by atoms with Gasteiger partial charge in [-0.05, 0) is 40.7 Å². The second kappa shape index (κ2) is 4.21. The van der Waals surface area contributed by atoms with Crippen molar-refractivity contribution in [1.29, 1.82) is 0 Å². The van der Waals surface area contributed by atoms with Gasteiger partial charge in [0.25, 0.3) is 0 Å². The summed E-state index contributed by atoms with van der Waals surface area (Å²) < 4.78 is 0. The second-order valence-corrected chi connectivity index (χ2v) is 4.53. The summed E-state index contributed by atoms with van der Waals surface area (Å²) in [5, 5.41) is 0. The average Bonchev–Trinajstić information content (AvgIpc) is 2.75. The third-order valence-corrected chi connectivity index (χ3v) is 3.38. The molecule has 0 heteroatoms. The van der Waals surface area contributed by atoms with Gasteiger partial charge in [-0.25, -0.2) is 0 Å². The van der Waals surface area contributed by atoms with Crippen LogP contribution in [-0.2, 0) is 6.42 Å². The zero-order valence-electron chi connectivity index (χ0n) is 10.1. The Labute approximate surface area is 103 Å². The zero-order valence-corrected chi connectivity index (χ0v) is 10.1. The first-order valence-corrected chi connectivity index (χ1v) is 6.27. The van der Waals surface area contributed by atoms with Crippen molar-refractivity contribution in [2.45, 2.75) is 19.8 Å². The van der Waals surface area contributed by atoms with E-state index in [4.69, 9.17) is 0 Å². The van der Waals surface area contributed by atoms with E-state index < -0.39 is 0 Å². The van der Waals surface area contributed by atoms with Crippen LogP contribution in [0.1, 0.15) is 30.0 Å². The maximum atomic E-state index is 2.25. The molecule has 2 aromatic carbocycles. The molecule has 0 amide bonds. The van der Waals surface area contributed by atoms with E-state index in [0.717, 1.165) is 12.8 Å². The van der Waals surface area contributed by atoms with Crippen molar-refractivity contribution in [1.82, 2.24) is 0 Å². The standard InChI is InChI=1S/C17H16/c1-2-3-7-13-9-6-10-15-12-14-8-4-5-11-16(14)17(13)15/h3-11H,2,12H2,1H3/b7-3+. The minimum absolute atomic E-state index is 1.08. The van der Waals surface area contributed by atoms with Crippen LogP contribution in [0, 0.1) is 0 Å². The van der Waals surface area contributed by atoms with E-state index in [1.807, 2.05) is 0 Å². The summed E-state index contributed by atoms with van der Waals surface area (Å²) in [4.78, 5) is 0. The molecule has 0 aromatic heterocycles. The topological polar surface area (TPSA) is 0 Å². The zero-order chi connectivity index (χ0) is 11.7. The number of hydrogen-bond acceptors (Lipinski definition) is 0. The number of benzene rings is 2. The van der Waals surface area contributed by atoms with E-state index in [1.165, 1.54) is 27.8 Å². The van der Waals surface area contributed by atoms with Gasteiger partial charge in [-0.15, -0.1) is 0 Å². The lowest BCUT2D eigenvalue weighted by molar-refractivity contribution is 1.23. The number of fused-ring (bicyclic) bond motifs is 3. The van der Waals surface area contributed by atoms with Gasteiger partial charge < -0.3 is 0 Å². The minimum Gasteiger partial charge on any atom is -0.0842 e. The van der Waals surface area contributed by atoms with Crippen LogP contribution in [0.3, 0.4) is 0 Å². The molecule has 0 spiro atoms. The molecule has 0 N–H and O–H groups in total. The molecule has 0 bridgehead atoms. The van der Waals surface area contributed by atoms with Gasteiger partial charge in [0.05, 0.1) is 0 Å². The Morgan fingerprint density at radius 2 is 1.82 bits per heavy atom. The van der Waals surface area contributed by atoms with Gasteiger partial charge in [0.2, 0.25) is 0 Å². The lowest BCUT2D eigenvalue weighted by atomic mass is 9.99. The predicted octanol–water partition coefficient (Wildman–Crippen LogP) is 4.68. The first-order chi connectivity index (χ1) is 8.40. The van der Waals surface area contributed by atoms with Crippen molar-refractivity contribution in [3.63, 3.8) is 0 Å². The molecule has 1 aliphatic carbocycles. The lowest BCUT2D eigenvalue weighted by Crippen LogP contribution is -1.83. The Kier molecular flexibility index (Phi) is 2.56. The summed E-state index contributed by atoms with van der Waals surface area (Å²) in [7, 11) is 0. The molecule has 17 heavy (non-hydrogen) atoms. The SMILES string of the molecule is CC/C=C/c1cccc2c1-c1ccccc1C2. The molecule has 0 heterocycles. The van der Waals surface area contributed by atoms with Gasteiger partial charge in [-0.2, -0.15) is 0 Å². The third kappa shape index (κ3) is 1.70. The van der Waals surface area contributed by atoms with Crippen LogP contribution in [-0.4, -0.2) is 0 Å². The van der Waals surface area contributed by atoms with Crippen LogP contribution in [0.5, 0.6) is 0 Å². The van der Waals surface area contributed by atoms with E-state index in [1.54, 1.807) is 0 Å². The van der Waals surface area contributed by atoms with Crippen molar-refractivity contribution in [2.24, 2.45) is 0 Å². The van der Waals surface area contributed by atoms with Gasteiger partial charge in [0.1, 0.15) is 0 Å². The van der Waals surface area contributed by atoms with Crippen LogP contribution in [0.15, 0.2) is 48.5 Å². The molecule has 3 rings (SSSR count). The maximum absolute atomic E-state index is 2.25. The summed E-state index contributed by atoms with van der Waals surface area (Å²) >= 11 is 0. The van der Waals surface area contributed by atoms with Gasteiger partial charge in [0.15, 0.2) is 0 Å². The monoisotopic (exact) mass is 220 g/mol. The van der Waals surface area contributed by atoms with E-state index in [9.17, 15) is 0 Å². The van der Waals surface area contributed by atoms with Crippen molar-refractivity contribution >= 4 is 6.08 Å². The first-order valence-electron chi connectivity index (χ1n) is 6.27. The minimum atomic E-state index is 1.08. The van der Waals surface area contributed by atoms with Gasteiger partial charge in [0, 0.05) is 0 Å². The Morgan fingerprint density at radius 1 is 1.00 bits per heavy atom. The van der Waals surface area contributed by atoms with Gasteiger partial charge in [-0.1, -0.05) is 61.5 Å². The highest BCUT2D eigenvalue weighted by Gasteiger charge is 2.19. The van der Waals surface area contributed by atoms with E-state index in [0.29, 0.717) is 0 Å². The van der Waals surface area contributed by atoms with Gasteiger partial charge in [-0.3, -0.25) is 0 Å². The van der Waals surface area contributed by atoms with Crippen LogP contribution in [0.25, 0.3) is 17.2 Å². The highest BCUT2D eigenvalue weighted by Crippen LogP contribution is 2.39. The highest BCUT2D eigenvalue weighted by molar-refractivity contribution is 5.84. The van der Waals surface area contributed by atoms with Crippen LogP contribution < -0.4 is 0 Å². The predicted molar refractivity (Wildman–Crippen MR) is 74.0 cm³/mol. The Hall–Kier alpha value is -1.82. The largest absolute Gasteiger partial charge is 0.0842 e. The smallest absolute Gasteiger partial charge is 0.00132 e. The molecular formula is C17H16. The first kappa shape index (κ1) is 10.3. The van der Waals surface area contributed by atoms with Gasteiger partial charge >= 0.3 is 0 Å². The number of allylic oxidation sites excluding steroid dienone is 1. The van der Waals surface area contributed by atoms with Crippen LogP contribution in [0.2, 0.25) is 0 Å². The molecular weight excluding hydrogens is 204 g/mol. The van der Waals surface area contributed by atoms with Crippen molar-refractivity contribution < 1.29 is 0 Å². The highest BCUT2D eigenvalue weighted by atomic mass is 14.2. The lowest BCUT2D eigenvalue weighted by Gasteiger charge is -2.05. The molecule has 0 nitrogen and oxygen atoms in total. The molecule has 0 saturated heterocycles. The average molecular weight is 220 g/mol. The molecule has 0 aliphatic heterocycles. The quantitative estimate of drug-likeness (QED) is 0.588.